The first-order valence-electron chi connectivity index (χ1n) is 7.81. The molecule has 0 atom stereocenters. The summed E-state index contributed by atoms with van der Waals surface area (Å²) in [6.07, 6.45) is -1.53. The van der Waals surface area contributed by atoms with Crippen molar-refractivity contribution >= 4 is 39.1 Å². The monoisotopic (exact) mass is 411 g/mol. The highest BCUT2D eigenvalue weighted by Crippen LogP contribution is 2.29. The largest absolute Gasteiger partial charge is 0.515 e. The third kappa shape index (κ3) is 5.22. The number of benzene rings is 1. The molecule has 2 rings (SSSR count). The van der Waals surface area contributed by atoms with E-state index in [1.54, 1.807) is 59.7 Å². The van der Waals surface area contributed by atoms with Gasteiger partial charge in [-0.1, -0.05) is 15.9 Å². The molecule has 0 unspecified atom stereocenters. The second-order valence-corrected chi connectivity index (χ2v) is 8.48. The molecule has 0 amide bonds. The Morgan fingerprint density at radius 2 is 1.56 bits per heavy atom. The molecule has 1 aromatic heterocycles. The second-order valence-electron chi connectivity index (χ2n) is 7.57. The fourth-order valence-corrected chi connectivity index (χ4v) is 2.47. The minimum atomic E-state index is -0.890. The molecule has 0 aliphatic rings. The summed E-state index contributed by atoms with van der Waals surface area (Å²) >= 11 is 3.38. The van der Waals surface area contributed by atoms with Crippen LogP contribution in [0.25, 0.3) is 10.9 Å². The molecule has 0 saturated carbocycles. The highest BCUT2D eigenvalue weighted by atomic mass is 79.9. The lowest BCUT2D eigenvalue weighted by molar-refractivity contribution is 0.0184. The first-order valence-corrected chi connectivity index (χ1v) is 8.60. The van der Waals surface area contributed by atoms with Crippen molar-refractivity contribution in [3.8, 4) is 5.88 Å². The molecule has 7 heteroatoms. The Morgan fingerprint density at radius 3 is 2.12 bits per heavy atom. The van der Waals surface area contributed by atoms with Crippen LogP contribution in [0.5, 0.6) is 5.88 Å². The van der Waals surface area contributed by atoms with E-state index in [0.29, 0.717) is 5.52 Å². The number of hydrogen-bond acceptors (Lipinski definition) is 5. The van der Waals surface area contributed by atoms with E-state index in [-0.39, 0.29) is 5.88 Å². The first kappa shape index (κ1) is 19.3. The highest BCUT2D eigenvalue weighted by Gasteiger charge is 2.26. The zero-order chi connectivity index (χ0) is 19.0. The first-order chi connectivity index (χ1) is 11.4. The molecule has 25 heavy (non-hydrogen) atoms. The van der Waals surface area contributed by atoms with Gasteiger partial charge in [0.1, 0.15) is 11.2 Å². The Labute approximate surface area is 155 Å². The van der Waals surface area contributed by atoms with E-state index in [0.717, 1.165) is 9.86 Å². The highest BCUT2D eigenvalue weighted by molar-refractivity contribution is 9.10. The van der Waals surface area contributed by atoms with E-state index >= 15 is 0 Å². The summed E-state index contributed by atoms with van der Waals surface area (Å²) in [6, 6.07) is 6.94. The van der Waals surface area contributed by atoms with Gasteiger partial charge in [0.15, 0.2) is 0 Å². The Hall–Kier alpha value is -2.02. The van der Waals surface area contributed by atoms with Gasteiger partial charge in [-0.2, -0.15) is 0 Å². The van der Waals surface area contributed by atoms with Gasteiger partial charge in [0.2, 0.25) is 5.88 Å². The fourth-order valence-electron chi connectivity index (χ4n) is 2.09. The standard InChI is InChI=1S/C18H22BrNO5/c1-17(2,3)24-15(21)20-13-8-7-12(19)9-11(13)10-14(20)23-16(22)25-18(4,5)6/h7-10H,1-6H3. The van der Waals surface area contributed by atoms with Gasteiger partial charge in [0.25, 0.3) is 0 Å². The Morgan fingerprint density at radius 1 is 0.960 bits per heavy atom. The Kier molecular flexibility index (Phi) is 5.18. The molecule has 0 N–H and O–H groups in total. The molecule has 136 valence electrons. The van der Waals surface area contributed by atoms with Crippen molar-refractivity contribution in [2.24, 2.45) is 0 Å². The Balaban J connectivity index is 2.45. The lowest BCUT2D eigenvalue weighted by Gasteiger charge is -2.21. The normalized spacial score (nSPS) is 12.1. The van der Waals surface area contributed by atoms with E-state index in [9.17, 15) is 9.59 Å². The zero-order valence-electron chi connectivity index (χ0n) is 15.2. The van der Waals surface area contributed by atoms with E-state index in [1.165, 1.54) is 4.57 Å². The van der Waals surface area contributed by atoms with Gasteiger partial charge >= 0.3 is 12.2 Å². The van der Waals surface area contributed by atoms with Crippen LogP contribution in [-0.4, -0.2) is 28.0 Å². The predicted molar refractivity (Wildman–Crippen MR) is 98.1 cm³/mol. The van der Waals surface area contributed by atoms with Crippen molar-refractivity contribution in [1.82, 2.24) is 4.57 Å². The molecular formula is C18H22BrNO5. The fraction of sp³-hybridized carbons (Fsp3) is 0.444. The van der Waals surface area contributed by atoms with Crippen LogP contribution in [0.2, 0.25) is 0 Å². The van der Waals surface area contributed by atoms with Gasteiger partial charge in [0, 0.05) is 15.9 Å². The maximum absolute atomic E-state index is 12.6. The van der Waals surface area contributed by atoms with Gasteiger partial charge in [-0.25, -0.2) is 14.2 Å². The molecule has 0 aliphatic carbocycles. The van der Waals surface area contributed by atoms with Gasteiger partial charge < -0.3 is 14.2 Å². The maximum atomic E-state index is 12.6. The third-order valence-corrected chi connectivity index (χ3v) is 3.38. The number of rotatable bonds is 1. The van der Waals surface area contributed by atoms with Crippen LogP contribution in [-0.2, 0) is 9.47 Å². The van der Waals surface area contributed by atoms with Crippen LogP contribution < -0.4 is 4.74 Å². The number of carbonyl (C=O) groups is 2. The van der Waals surface area contributed by atoms with Crippen molar-refractivity contribution in [2.45, 2.75) is 52.7 Å². The van der Waals surface area contributed by atoms with E-state index in [1.807, 2.05) is 6.07 Å². The van der Waals surface area contributed by atoms with Crippen molar-refractivity contribution in [3.63, 3.8) is 0 Å². The van der Waals surface area contributed by atoms with Gasteiger partial charge in [-0.15, -0.1) is 0 Å². The van der Waals surface area contributed by atoms with Crippen molar-refractivity contribution in [1.29, 1.82) is 0 Å². The summed E-state index contributed by atoms with van der Waals surface area (Å²) in [7, 11) is 0. The molecule has 0 bridgehead atoms. The molecular weight excluding hydrogens is 390 g/mol. The molecule has 1 aromatic carbocycles. The average molecular weight is 412 g/mol. The summed E-state index contributed by atoms with van der Waals surface area (Å²) in [6.45, 7) is 10.5. The van der Waals surface area contributed by atoms with Crippen LogP contribution in [0.15, 0.2) is 28.7 Å². The summed E-state index contributed by atoms with van der Waals surface area (Å²) in [5.74, 6) is 0.0385. The quantitative estimate of drug-likeness (QED) is 0.579. The molecule has 0 spiro atoms. The molecule has 0 saturated heterocycles. The van der Waals surface area contributed by atoms with Gasteiger partial charge in [0.05, 0.1) is 5.52 Å². The number of ether oxygens (including phenoxy) is 3. The summed E-state index contributed by atoms with van der Waals surface area (Å²) in [5, 5.41) is 0.721. The minimum absolute atomic E-state index is 0.0385. The molecule has 2 aromatic rings. The lowest BCUT2D eigenvalue weighted by atomic mass is 10.2. The maximum Gasteiger partial charge on any atom is 0.515 e. The molecule has 1 heterocycles. The SMILES string of the molecule is CC(C)(C)OC(=O)Oc1cc2cc(Br)ccc2n1C(=O)OC(C)(C)C. The smallest absolute Gasteiger partial charge is 0.443 e. The predicted octanol–water partition coefficient (Wildman–Crippen LogP) is 5.50. The second kappa shape index (κ2) is 6.71. The van der Waals surface area contributed by atoms with Crippen LogP contribution in [0.4, 0.5) is 9.59 Å². The number of hydrogen-bond donors (Lipinski definition) is 0. The number of aromatic nitrogens is 1. The molecule has 0 aliphatic heterocycles. The van der Waals surface area contributed by atoms with Crippen LogP contribution >= 0.6 is 15.9 Å². The zero-order valence-corrected chi connectivity index (χ0v) is 16.8. The molecule has 6 nitrogen and oxygen atoms in total. The van der Waals surface area contributed by atoms with Crippen molar-refractivity contribution in [2.75, 3.05) is 0 Å². The lowest BCUT2D eigenvalue weighted by Crippen LogP contribution is -2.29. The van der Waals surface area contributed by atoms with E-state index in [2.05, 4.69) is 15.9 Å². The minimum Gasteiger partial charge on any atom is -0.443 e. The van der Waals surface area contributed by atoms with Crippen LogP contribution in [0, 0.1) is 0 Å². The number of carbonyl (C=O) groups excluding carboxylic acids is 2. The van der Waals surface area contributed by atoms with Gasteiger partial charge in [-0.3, -0.25) is 0 Å². The van der Waals surface area contributed by atoms with Crippen molar-refractivity contribution in [3.05, 3.63) is 28.7 Å². The average Bonchev–Trinajstić information content (AvgIpc) is 2.70. The third-order valence-electron chi connectivity index (χ3n) is 2.88. The van der Waals surface area contributed by atoms with Gasteiger partial charge in [-0.05, 0) is 59.7 Å². The van der Waals surface area contributed by atoms with Crippen LogP contribution in [0.1, 0.15) is 41.5 Å². The van der Waals surface area contributed by atoms with Crippen LogP contribution in [0.3, 0.4) is 0 Å². The van der Waals surface area contributed by atoms with E-state index < -0.39 is 23.5 Å². The molecule has 0 radical (unpaired) electrons. The number of nitrogens with zero attached hydrogens (tertiary/aromatic N) is 1. The van der Waals surface area contributed by atoms with E-state index in [4.69, 9.17) is 14.2 Å². The topological polar surface area (TPSA) is 66.8 Å². The number of halogens is 1. The Bertz CT molecular complexity index is 811. The van der Waals surface area contributed by atoms with Crippen molar-refractivity contribution < 1.29 is 23.8 Å². The summed E-state index contributed by atoms with van der Waals surface area (Å²) < 4.78 is 17.9. The summed E-state index contributed by atoms with van der Waals surface area (Å²) in [4.78, 5) is 24.6. The number of fused-ring (bicyclic) bond motifs is 1. The summed E-state index contributed by atoms with van der Waals surface area (Å²) in [5.41, 5.74) is -0.828. The molecule has 0 fully saturated rings.